The molecule has 1 N–H and O–H groups in total. The highest BCUT2D eigenvalue weighted by Crippen LogP contribution is 2.24. The van der Waals surface area contributed by atoms with Gasteiger partial charge in [-0.15, -0.1) is 0 Å². The first-order valence-electron chi connectivity index (χ1n) is 5.85. The van der Waals surface area contributed by atoms with Gasteiger partial charge in [0.2, 0.25) is 5.88 Å². The molecule has 0 bridgehead atoms. The number of ether oxygens (including phenoxy) is 1. The summed E-state index contributed by atoms with van der Waals surface area (Å²) in [6, 6.07) is 8.76. The van der Waals surface area contributed by atoms with Crippen molar-refractivity contribution in [1.29, 1.82) is 0 Å². The number of hydrogen-bond acceptors (Lipinski definition) is 3. The second kappa shape index (κ2) is 4.35. The second-order valence-electron chi connectivity index (χ2n) is 4.25. The molecule has 0 unspecified atom stereocenters. The average molecular weight is 257 g/mol. The zero-order valence-corrected chi connectivity index (χ0v) is 10.6. The van der Waals surface area contributed by atoms with E-state index in [1.807, 2.05) is 6.07 Å². The van der Waals surface area contributed by atoms with E-state index in [4.69, 9.17) is 4.74 Å². The van der Waals surface area contributed by atoms with E-state index >= 15 is 0 Å². The summed E-state index contributed by atoms with van der Waals surface area (Å²) in [5.41, 5.74) is 2.28. The summed E-state index contributed by atoms with van der Waals surface area (Å²) in [5.74, 6) is 0.681. The summed E-state index contributed by atoms with van der Waals surface area (Å²) in [4.78, 5) is 11.6. The van der Waals surface area contributed by atoms with Crippen LogP contribution in [0.25, 0.3) is 22.6 Å². The first kappa shape index (κ1) is 11.6. The molecule has 1 aromatic carbocycles. The van der Waals surface area contributed by atoms with Crippen molar-refractivity contribution in [2.45, 2.75) is 6.92 Å². The molecule has 3 rings (SSSR count). The lowest BCUT2D eigenvalue weighted by Gasteiger charge is -2.01. The van der Waals surface area contributed by atoms with Crippen molar-refractivity contribution in [2.24, 2.45) is 0 Å². The molecule has 5 heteroatoms. The Bertz CT molecular complexity index is 752. The van der Waals surface area contributed by atoms with Crippen LogP contribution in [-0.4, -0.2) is 22.1 Å². The largest absolute Gasteiger partial charge is 0.481 e. The number of nitrogens with zero attached hydrogens (tertiary/aromatic N) is 2. The third-order valence-corrected chi connectivity index (χ3v) is 2.98. The highest BCUT2D eigenvalue weighted by Gasteiger charge is 2.12. The smallest absolute Gasteiger partial charge is 0.215 e. The maximum Gasteiger partial charge on any atom is 0.215 e. The van der Waals surface area contributed by atoms with Crippen LogP contribution in [-0.2, 0) is 0 Å². The van der Waals surface area contributed by atoms with Crippen LogP contribution in [0.4, 0.5) is 4.39 Å². The molecule has 3 aromatic rings. The van der Waals surface area contributed by atoms with Crippen LogP contribution in [0, 0.1) is 12.7 Å². The molecule has 2 aromatic heterocycles. The Kier molecular flexibility index (Phi) is 2.67. The highest BCUT2D eigenvalue weighted by atomic mass is 19.1. The van der Waals surface area contributed by atoms with Gasteiger partial charge in [-0.2, -0.15) is 4.98 Å². The van der Waals surface area contributed by atoms with E-state index in [2.05, 4.69) is 15.0 Å². The van der Waals surface area contributed by atoms with Crippen LogP contribution in [0.15, 0.2) is 30.3 Å². The predicted octanol–water partition coefficient (Wildman–Crippen LogP) is 3.08. The second-order valence-corrected chi connectivity index (χ2v) is 4.25. The van der Waals surface area contributed by atoms with Crippen molar-refractivity contribution in [1.82, 2.24) is 15.0 Å². The van der Waals surface area contributed by atoms with Crippen LogP contribution in [0.3, 0.4) is 0 Å². The summed E-state index contributed by atoms with van der Waals surface area (Å²) in [5, 5.41) is 0. The van der Waals surface area contributed by atoms with E-state index in [0.29, 0.717) is 28.5 Å². The quantitative estimate of drug-likeness (QED) is 0.767. The van der Waals surface area contributed by atoms with Gasteiger partial charge < -0.3 is 9.72 Å². The number of aryl methyl sites for hydroxylation is 1. The molecule has 0 spiro atoms. The Balaban J connectivity index is 2.18. The Labute approximate surface area is 109 Å². The SMILES string of the molecule is COc1ccc2[nH]c(-c3cccc(C)c3F)nc2n1. The summed E-state index contributed by atoms with van der Waals surface area (Å²) >= 11 is 0. The number of pyridine rings is 1. The molecule has 0 aliphatic rings. The van der Waals surface area contributed by atoms with E-state index in [1.54, 1.807) is 38.3 Å². The molecular weight excluding hydrogens is 245 g/mol. The number of halogens is 1. The van der Waals surface area contributed by atoms with Crippen LogP contribution >= 0.6 is 0 Å². The van der Waals surface area contributed by atoms with Gasteiger partial charge in [-0.3, -0.25) is 0 Å². The molecule has 4 nitrogen and oxygen atoms in total. The first-order valence-corrected chi connectivity index (χ1v) is 5.85. The van der Waals surface area contributed by atoms with E-state index in [-0.39, 0.29) is 5.82 Å². The molecule has 0 atom stereocenters. The normalized spacial score (nSPS) is 10.9. The Morgan fingerprint density at radius 1 is 1.16 bits per heavy atom. The fourth-order valence-electron chi connectivity index (χ4n) is 1.95. The van der Waals surface area contributed by atoms with Gasteiger partial charge in [0.05, 0.1) is 18.2 Å². The van der Waals surface area contributed by atoms with Gasteiger partial charge in [-0.1, -0.05) is 12.1 Å². The van der Waals surface area contributed by atoms with E-state index in [9.17, 15) is 4.39 Å². The molecule has 0 fully saturated rings. The zero-order chi connectivity index (χ0) is 13.4. The van der Waals surface area contributed by atoms with Gasteiger partial charge in [0.1, 0.15) is 11.6 Å². The van der Waals surface area contributed by atoms with Crippen LogP contribution in [0.5, 0.6) is 5.88 Å². The molecule has 0 aliphatic carbocycles. The number of imidazole rings is 1. The fourth-order valence-corrected chi connectivity index (χ4v) is 1.95. The van der Waals surface area contributed by atoms with Crippen molar-refractivity contribution in [2.75, 3.05) is 7.11 Å². The van der Waals surface area contributed by atoms with Crippen LogP contribution in [0.2, 0.25) is 0 Å². The summed E-state index contributed by atoms with van der Waals surface area (Å²) in [6.45, 7) is 1.72. The number of H-pyrrole nitrogens is 1. The lowest BCUT2D eigenvalue weighted by atomic mass is 10.1. The molecule has 0 saturated heterocycles. The van der Waals surface area contributed by atoms with Crippen molar-refractivity contribution >= 4 is 11.2 Å². The molecule has 0 aliphatic heterocycles. The van der Waals surface area contributed by atoms with Crippen molar-refractivity contribution in [3.63, 3.8) is 0 Å². The minimum Gasteiger partial charge on any atom is -0.481 e. The zero-order valence-electron chi connectivity index (χ0n) is 10.6. The lowest BCUT2D eigenvalue weighted by Crippen LogP contribution is -1.89. The third kappa shape index (κ3) is 1.93. The van der Waals surface area contributed by atoms with Gasteiger partial charge in [0.15, 0.2) is 5.65 Å². The average Bonchev–Trinajstić information content (AvgIpc) is 2.84. The molecule has 96 valence electrons. The number of aromatic amines is 1. The first-order chi connectivity index (χ1) is 9.19. The Morgan fingerprint density at radius 3 is 2.79 bits per heavy atom. The fraction of sp³-hybridized carbons (Fsp3) is 0.143. The predicted molar refractivity (Wildman–Crippen MR) is 70.6 cm³/mol. The number of benzene rings is 1. The molecule has 0 amide bonds. The topological polar surface area (TPSA) is 50.8 Å². The number of rotatable bonds is 2. The minimum atomic E-state index is -0.270. The van der Waals surface area contributed by atoms with E-state index in [1.165, 1.54) is 0 Å². The number of aromatic nitrogens is 3. The number of fused-ring (bicyclic) bond motifs is 1. The van der Waals surface area contributed by atoms with Crippen LogP contribution < -0.4 is 4.74 Å². The molecule has 19 heavy (non-hydrogen) atoms. The third-order valence-electron chi connectivity index (χ3n) is 2.98. The minimum absolute atomic E-state index is 0.270. The van der Waals surface area contributed by atoms with Gasteiger partial charge in [0.25, 0.3) is 0 Å². The maximum atomic E-state index is 14.1. The molecular formula is C14H12FN3O. The van der Waals surface area contributed by atoms with Gasteiger partial charge in [-0.05, 0) is 24.6 Å². The van der Waals surface area contributed by atoms with Gasteiger partial charge in [-0.25, -0.2) is 9.37 Å². The number of hydrogen-bond donors (Lipinski definition) is 1. The summed E-state index contributed by atoms with van der Waals surface area (Å²) in [6.07, 6.45) is 0. The van der Waals surface area contributed by atoms with Crippen molar-refractivity contribution in [3.05, 3.63) is 41.7 Å². The summed E-state index contributed by atoms with van der Waals surface area (Å²) < 4.78 is 19.1. The Morgan fingerprint density at radius 2 is 2.00 bits per heavy atom. The van der Waals surface area contributed by atoms with Crippen LogP contribution in [0.1, 0.15) is 5.56 Å². The van der Waals surface area contributed by atoms with Crippen molar-refractivity contribution in [3.8, 4) is 17.3 Å². The van der Waals surface area contributed by atoms with Gasteiger partial charge in [0, 0.05) is 6.07 Å². The molecule has 0 saturated carbocycles. The summed E-state index contributed by atoms with van der Waals surface area (Å²) in [7, 11) is 1.54. The van der Waals surface area contributed by atoms with Gasteiger partial charge >= 0.3 is 0 Å². The standard InChI is InChI=1S/C14H12FN3O/c1-8-4-3-5-9(12(8)15)13-16-10-6-7-11(19-2)17-14(10)18-13/h3-7H,1-2H3,(H,16,17,18). The Hall–Kier alpha value is -2.43. The van der Waals surface area contributed by atoms with Crippen molar-refractivity contribution < 1.29 is 9.13 Å². The number of nitrogens with one attached hydrogen (secondary N) is 1. The van der Waals surface area contributed by atoms with E-state index < -0.39 is 0 Å². The molecule has 2 heterocycles. The number of methoxy groups -OCH3 is 1. The monoisotopic (exact) mass is 257 g/mol. The molecule has 0 radical (unpaired) electrons. The van der Waals surface area contributed by atoms with E-state index in [0.717, 1.165) is 5.52 Å². The maximum absolute atomic E-state index is 14.1. The highest BCUT2D eigenvalue weighted by molar-refractivity contribution is 5.76. The lowest BCUT2D eigenvalue weighted by molar-refractivity contribution is 0.399.